The van der Waals surface area contributed by atoms with Gasteiger partial charge in [0.15, 0.2) is 11.5 Å². The highest BCUT2D eigenvalue weighted by Gasteiger charge is 2.44. The van der Waals surface area contributed by atoms with Crippen LogP contribution in [-0.2, 0) is 4.79 Å². The molecule has 1 aliphatic rings. The first-order chi connectivity index (χ1) is 13.4. The van der Waals surface area contributed by atoms with E-state index in [9.17, 15) is 14.7 Å². The summed E-state index contributed by atoms with van der Waals surface area (Å²) < 4.78 is 10.5. The molecule has 1 aliphatic heterocycles. The molecular formula is C21H24N2O5. The fourth-order valence-corrected chi connectivity index (χ4v) is 3.37. The van der Waals surface area contributed by atoms with Crippen LogP contribution in [0.4, 0.5) is 0 Å². The topological polar surface area (TPSA) is 83.2 Å². The number of amides is 1. The largest absolute Gasteiger partial charge is 0.503 e. The fourth-order valence-electron chi connectivity index (χ4n) is 3.37. The molecule has 0 bridgehead atoms. The SMILES string of the molecule is COc1cccc(C2C(C(=O)c3ccco3)=C(O)C(=O)N2CCCN(C)C)c1. The molecular weight excluding hydrogens is 360 g/mol. The third-order valence-corrected chi connectivity index (χ3v) is 4.71. The number of ether oxygens (including phenoxy) is 1. The lowest BCUT2D eigenvalue weighted by molar-refractivity contribution is -0.129. The average Bonchev–Trinajstić information content (AvgIpc) is 3.30. The van der Waals surface area contributed by atoms with Crippen molar-refractivity contribution >= 4 is 11.7 Å². The zero-order valence-electron chi connectivity index (χ0n) is 16.2. The third kappa shape index (κ3) is 3.80. The molecule has 0 fully saturated rings. The van der Waals surface area contributed by atoms with E-state index in [-0.39, 0.29) is 11.3 Å². The molecule has 0 aliphatic carbocycles. The number of carbonyl (C=O) groups excluding carboxylic acids is 2. The number of furan rings is 1. The molecule has 3 rings (SSSR count). The molecule has 1 unspecified atom stereocenters. The first-order valence-corrected chi connectivity index (χ1v) is 9.05. The summed E-state index contributed by atoms with van der Waals surface area (Å²) >= 11 is 0. The average molecular weight is 384 g/mol. The Labute approximate surface area is 163 Å². The summed E-state index contributed by atoms with van der Waals surface area (Å²) in [5, 5.41) is 10.5. The minimum absolute atomic E-state index is 0.0260. The van der Waals surface area contributed by atoms with E-state index in [1.54, 1.807) is 31.4 Å². The summed E-state index contributed by atoms with van der Waals surface area (Å²) in [6, 6.07) is 9.57. The summed E-state index contributed by atoms with van der Waals surface area (Å²) in [6.07, 6.45) is 2.09. The first kappa shape index (κ1) is 19.7. The number of aliphatic hydroxyl groups excluding tert-OH is 1. The number of nitrogens with zero attached hydrogens (tertiary/aromatic N) is 2. The molecule has 2 heterocycles. The number of ketones is 1. The first-order valence-electron chi connectivity index (χ1n) is 9.05. The minimum atomic E-state index is -0.706. The molecule has 1 N–H and O–H groups in total. The van der Waals surface area contributed by atoms with Crippen molar-refractivity contribution < 1.29 is 23.8 Å². The Hall–Kier alpha value is -3.06. The number of carbonyl (C=O) groups is 2. The van der Waals surface area contributed by atoms with Gasteiger partial charge in [-0.25, -0.2) is 0 Å². The lowest BCUT2D eigenvalue weighted by Gasteiger charge is -2.27. The van der Waals surface area contributed by atoms with E-state index in [1.165, 1.54) is 17.2 Å². The van der Waals surface area contributed by atoms with Crippen molar-refractivity contribution in [3.05, 3.63) is 65.3 Å². The highest BCUT2D eigenvalue weighted by Crippen LogP contribution is 2.39. The van der Waals surface area contributed by atoms with Crippen LogP contribution in [0.15, 0.2) is 58.4 Å². The van der Waals surface area contributed by atoms with E-state index in [0.29, 0.717) is 24.3 Å². The van der Waals surface area contributed by atoms with Gasteiger partial charge >= 0.3 is 0 Å². The number of Topliss-reactive ketones (excluding diaryl/α,β-unsaturated/α-hetero) is 1. The maximum atomic E-state index is 13.0. The van der Waals surface area contributed by atoms with Crippen LogP contribution in [0.2, 0.25) is 0 Å². The van der Waals surface area contributed by atoms with Gasteiger partial charge in [0.05, 0.1) is 25.0 Å². The Morgan fingerprint density at radius 2 is 2.07 bits per heavy atom. The number of hydrogen-bond acceptors (Lipinski definition) is 6. The Morgan fingerprint density at radius 1 is 1.29 bits per heavy atom. The summed E-state index contributed by atoms with van der Waals surface area (Å²) in [5.41, 5.74) is 0.717. The van der Waals surface area contributed by atoms with E-state index in [0.717, 1.165) is 6.54 Å². The Kier molecular flexibility index (Phi) is 5.84. The quantitative estimate of drug-likeness (QED) is 0.705. The molecule has 0 spiro atoms. The molecule has 1 aromatic heterocycles. The van der Waals surface area contributed by atoms with E-state index in [1.807, 2.05) is 25.1 Å². The van der Waals surface area contributed by atoms with Gasteiger partial charge in [0.25, 0.3) is 5.91 Å². The van der Waals surface area contributed by atoms with Crippen LogP contribution in [0.3, 0.4) is 0 Å². The lowest BCUT2D eigenvalue weighted by Crippen LogP contribution is -2.33. The predicted octanol–water partition coefficient (Wildman–Crippen LogP) is 2.82. The van der Waals surface area contributed by atoms with Gasteiger partial charge < -0.3 is 24.1 Å². The molecule has 2 aromatic rings. The van der Waals surface area contributed by atoms with Crippen molar-refractivity contribution in [2.75, 3.05) is 34.3 Å². The zero-order valence-corrected chi connectivity index (χ0v) is 16.2. The molecule has 1 amide bonds. The van der Waals surface area contributed by atoms with Gasteiger partial charge in [-0.1, -0.05) is 12.1 Å². The molecule has 1 atom stereocenters. The molecule has 1 aromatic carbocycles. The summed E-state index contributed by atoms with van der Waals surface area (Å²) in [4.78, 5) is 29.3. The van der Waals surface area contributed by atoms with Crippen LogP contribution in [0, 0.1) is 0 Å². The monoisotopic (exact) mass is 384 g/mol. The number of benzene rings is 1. The van der Waals surface area contributed by atoms with E-state index in [2.05, 4.69) is 0 Å². The summed E-state index contributed by atoms with van der Waals surface area (Å²) in [6.45, 7) is 1.18. The third-order valence-electron chi connectivity index (χ3n) is 4.71. The lowest BCUT2D eigenvalue weighted by atomic mass is 9.95. The zero-order chi connectivity index (χ0) is 20.3. The van der Waals surface area contributed by atoms with Crippen molar-refractivity contribution in [3.8, 4) is 5.75 Å². The Bertz CT molecular complexity index is 886. The second-order valence-corrected chi connectivity index (χ2v) is 6.90. The Balaban J connectivity index is 2.02. The maximum Gasteiger partial charge on any atom is 0.290 e. The highest BCUT2D eigenvalue weighted by molar-refractivity contribution is 6.15. The van der Waals surface area contributed by atoms with Crippen molar-refractivity contribution in [1.82, 2.24) is 9.80 Å². The minimum Gasteiger partial charge on any atom is -0.503 e. The predicted molar refractivity (Wildman–Crippen MR) is 103 cm³/mol. The van der Waals surface area contributed by atoms with E-state index >= 15 is 0 Å². The maximum absolute atomic E-state index is 13.0. The summed E-state index contributed by atoms with van der Waals surface area (Å²) in [7, 11) is 5.45. The van der Waals surface area contributed by atoms with Crippen LogP contribution < -0.4 is 4.74 Å². The van der Waals surface area contributed by atoms with Gasteiger partial charge in [0.2, 0.25) is 5.78 Å². The second-order valence-electron chi connectivity index (χ2n) is 6.90. The molecule has 0 saturated heterocycles. The Morgan fingerprint density at radius 3 is 2.71 bits per heavy atom. The van der Waals surface area contributed by atoms with Crippen LogP contribution in [-0.4, -0.2) is 60.9 Å². The molecule has 28 heavy (non-hydrogen) atoms. The molecule has 7 heteroatoms. The van der Waals surface area contributed by atoms with Gasteiger partial charge in [0, 0.05) is 6.54 Å². The number of aliphatic hydroxyl groups is 1. The number of rotatable bonds is 8. The number of methoxy groups -OCH3 is 1. The molecule has 0 saturated carbocycles. The molecule has 7 nitrogen and oxygen atoms in total. The van der Waals surface area contributed by atoms with Crippen LogP contribution >= 0.6 is 0 Å². The summed E-state index contributed by atoms with van der Waals surface area (Å²) in [5.74, 6) is -0.897. The smallest absolute Gasteiger partial charge is 0.290 e. The van der Waals surface area contributed by atoms with Crippen LogP contribution in [0.25, 0.3) is 0 Å². The van der Waals surface area contributed by atoms with E-state index < -0.39 is 23.5 Å². The van der Waals surface area contributed by atoms with Gasteiger partial charge in [-0.15, -0.1) is 0 Å². The standard InChI is InChI=1S/C21H24N2O5/c1-22(2)10-6-11-23-18(14-7-4-8-15(13-14)27-3)17(20(25)21(23)26)19(24)16-9-5-12-28-16/h4-5,7-9,12-13,18,25H,6,10-11H2,1-3H3. The van der Waals surface area contributed by atoms with Crippen molar-refractivity contribution in [2.45, 2.75) is 12.5 Å². The van der Waals surface area contributed by atoms with Crippen molar-refractivity contribution in [2.24, 2.45) is 0 Å². The fraction of sp³-hybridized carbons (Fsp3) is 0.333. The highest BCUT2D eigenvalue weighted by atomic mass is 16.5. The van der Waals surface area contributed by atoms with E-state index in [4.69, 9.17) is 9.15 Å². The normalized spacial score (nSPS) is 16.9. The number of hydrogen-bond donors (Lipinski definition) is 1. The van der Waals surface area contributed by atoms with Gasteiger partial charge in [-0.3, -0.25) is 9.59 Å². The van der Waals surface area contributed by atoms with Crippen molar-refractivity contribution in [1.29, 1.82) is 0 Å². The van der Waals surface area contributed by atoms with Gasteiger partial charge in [0.1, 0.15) is 5.75 Å². The second kappa shape index (κ2) is 8.31. The van der Waals surface area contributed by atoms with Gasteiger partial charge in [-0.2, -0.15) is 0 Å². The van der Waals surface area contributed by atoms with Crippen molar-refractivity contribution in [3.63, 3.8) is 0 Å². The molecule has 0 radical (unpaired) electrons. The van der Waals surface area contributed by atoms with Crippen LogP contribution in [0.5, 0.6) is 5.75 Å². The van der Waals surface area contributed by atoms with Gasteiger partial charge in [-0.05, 0) is 56.9 Å². The molecule has 148 valence electrons. The van der Waals surface area contributed by atoms with Crippen LogP contribution in [0.1, 0.15) is 28.6 Å².